The van der Waals surface area contributed by atoms with Gasteiger partial charge in [0, 0.05) is 78.1 Å². The summed E-state index contributed by atoms with van der Waals surface area (Å²) in [6, 6.07) is 40.8. The minimum Gasteiger partial charge on any atom is -0.495 e. The lowest BCUT2D eigenvalue weighted by Crippen LogP contribution is -2.37. The topological polar surface area (TPSA) is 55.9 Å². The van der Waals surface area contributed by atoms with Gasteiger partial charge in [-0.25, -0.2) is 0 Å². The lowest BCUT2D eigenvalue weighted by molar-refractivity contribution is 0.122. The zero-order valence-electron chi connectivity index (χ0n) is 36.8. The molecular weight excluding hydrogens is 783 g/mol. The van der Waals surface area contributed by atoms with Crippen LogP contribution in [0, 0.1) is 0 Å². The molecule has 5 aliphatic rings. The molecule has 1 aliphatic carbocycles. The average Bonchev–Trinajstić information content (AvgIpc) is 3.67. The molecule has 0 unspecified atom stereocenters. The summed E-state index contributed by atoms with van der Waals surface area (Å²) in [4.78, 5) is 7.25. The van der Waals surface area contributed by atoms with Crippen molar-refractivity contribution < 1.29 is 23.7 Å². The highest BCUT2D eigenvalue weighted by Gasteiger charge is 2.47. The third-order valence-corrected chi connectivity index (χ3v) is 14.6. The highest BCUT2D eigenvalue weighted by Crippen LogP contribution is 2.61. The third-order valence-electron chi connectivity index (χ3n) is 14.6. The van der Waals surface area contributed by atoms with Gasteiger partial charge in [0.05, 0.1) is 52.4 Å². The van der Waals surface area contributed by atoms with Crippen LogP contribution in [0.2, 0.25) is 0 Å². The number of benzene rings is 6. The van der Waals surface area contributed by atoms with Crippen molar-refractivity contribution in [2.45, 2.75) is 37.7 Å². The Labute approximate surface area is 371 Å². The Morgan fingerprint density at radius 2 is 1.16 bits per heavy atom. The van der Waals surface area contributed by atoms with E-state index >= 15 is 0 Å². The molecule has 11 rings (SSSR count). The molecule has 4 aliphatic heterocycles. The van der Waals surface area contributed by atoms with E-state index in [1.165, 1.54) is 50.1 Å². The van der Waals surface area contributed by atoms with Crippen LogP contribution < -0.4 is 24.2 Å². The van der Waals surface area contributed by atoms with Crippen LogP contribution in [0.25, 0.3) is 39.1 Å². The van der Waals surface area contributed by atoms with E-state index in [4.69, 9.17) is 23.7 Å². The third kappa shape index (κ3) is 6.60. The van der Waals surface area contributed by atoms with Gasteiger partial charge in [0.1, 0.15) is 11.5 Å². The molecule has 0 amide bonds. The van der Waals surface area contributed by atoms with Crippen molar-refractivity contribution in [1.29, 1.82) is 0 Å². The molecule has 3 fully saturated rings. The van der Waals surface area contributed by atoms with Gasteiger partial charge >= 0.3 is 0 Å². The van der Waals surface area contributed by atoms with Gasteiger partial charge in [-0.15, -0.1) is 0 Å². The number of rotatable bonds is 9. The first-order chi connectivity index (χ1) is 31.0. The van der Waals surface area contributed by atoms with Crippen LogP contribution >= 0.6 is 0 Å². The molecule has 0 atom stereocenters. The maximum atomic E-state index is 7.92. The molecule has 6 aromatic carbocycles. The second-order valence-corrected chi connectivity index (χ2v) is 17.5. The highest BCUT2D eigenvalue weighted by atomic mass is 16.5. The van der Waals surface area contributed by atoms with Gasteiger partial charge in [0.25, 0.3) is 0 Å². The highest BCUT2D eigenvalue weighted by molar-refractivity contribution is 6.10. The van der Waals surface area contributed by atoms with Gasteiger partial charge in [-0.05, 0) is 100 Å². The Kier molecular flexibility index (Phi) is 10.4. The number of hydrogen-bond donors (Lipinski definition) is 0. The quantitative estimate of drug-likeness (QED) is 0.143. The van der Waals surface area contributed by atoms with Crippen LogP contribution in [0.4, 0.5) is 17.1 Å². The van der Waals surface area contributed by atoms with Gasteiger partial charge in [-0.2, -0.15) is 0 Å². The Bertz CT molecular complexity index is 2590. The fourth-order valence-corrected chi connectivity index (χ4v) is 11.2. The monoisotopic (exact) mass is 839 g/mol. The number of methoxy groups -OCH3 is 1. The van der Waals surface area contributed by atoms with Crippen molar-refractivity contribution in [3.63, 3.8) is 0 Å². The van der Waals surface area contributed by atoms with Crippen molar-refractivity contribution in [2.75, 3.05) is 101 Å². The van der Waals surface area contributed by atoms with Gasteiger partial charge in [-0.3, -0.25) is 0 Å². The molecule has 8 nitrogen and oxygen atoms in total. The molecule has 3 saturated heterocycles. The van der Waals surface area contributed by atoms with Crippen molar-refractivity contribution in [2.24, 2.45) is 0 Å². The summed E-state index contributed by atoms with van der Waals surface area (Å²) in [5, 5.41) is 2.25. The van der Waals surface area contributed by atoms with E-state index in [9.17, 15) is 0 Å². The predicted molar refractivity (Wildman–Crippen MR) is 255 cm³/mol. The van der Waals surface area contributed by atoms with Crippen LogP contribution in [0.15, 0.2) is 115 Å². The lowest BCUT2D eigenvalue weighted by Gasteiger charge is -2.40. The summed E-state index contributed by atoms with van der Waals surface area (Å²) in [7, 11) is 1.79. The molecule has 8 heteroatoms. The number of hydrogen-bond acceptors (Lipinski definition) is 8. The molecule has 0 aromatic heterocycles. The molecule has 0 saturated carbocycles. The zero-order valence-corrected chi connectivity index (χ0v) is 36.8. The standard InChI is InChI=1S/C55H57N3O5/c1-4-54(5-2)48-35-39(38-9-7-6-8-10-38)11-20-44(48)51-46-36-49(58-27-33-62-34-28-58)50(59-3)37-47(46)53-45(52(51)54)21-22-55(63-53,40-12-16-42(17-13-40)56-23-29-60-30-24-56)41-14-18-43(19-15-41)57-25-31-61-32-26-57/h6-22,35-37H,4-5,23-34H2,1-3H3. The number of nitrogens with zero attached hydrogens (tertiary/aromatic N) is 3. The second kappa shape index (κ2) is 16.4. The van der Waals surface area contributed by atoms with Crippen molar-refractivity contribution in [3.05, 3.63) is 143 Å². The first-order valence-electron chi connectivity index (χ1n) is 23.0. The smallest absolute Gasteiger partial charge is 0.178 e. The van der Waals surface area contributed by atoms with Crippen LogP contribution in [-0.2, 0) is 25.2 Å². The zero-order chi connectivity index (χ0) is 42.5. The Balaban J connectivity index is 1.15. The van der Waals surface area contributed by atoms with Crippen molar-refractivity contribution in [1.82, 2.24) is 0 Å². The molecule has 0 bridgehead atoms. The number of ether oxygens (including phenoxy) is 5. The molecule has 322 valence electrons. The summed E-state index contributed by atoms with van der Waals surface area (Å²) in [5.74, 6) is 1.74. The molecule has 63 heavy (non-hydrogen) atoms. The molecular formula is C55H57N3O5. The van der Waals surface area contributed by atoms with Crippen LogP contribution in [0.1, 0.15) is 54.5 Å². The van der Waals surface area contributed by atoms with E-state index in [0.29, 0.717) is 13.2 Å². The largest absolute Gasteiger partial charge is 0.495 e. The van der Waals surface area contributed by atoms with Crippen LogP contribution in [-0.4, -0.2) is 86.0 Å². The molecule has 6 aromatic rings. The van der Waals surface area contributed by atoms with E-state index < -0.39 is 5.60 Å². The lowest BCUT2D eigenvalue weighted by atomic mass is 9.70. The van der Waals surface area contributed by atoms with E-state index in [1.54, 1.807) is 7.11 Å². The minimum atomic E-state index is -0.912. The predicted octanol–water partition coefficient (Wildman–Crippen LogP) is 10.5. The summed E-state index contributed by atoms with van der Waals surface area (Å²) in [6.45, 7) is 14.2. The summed E-state index contributed by atoms with van der Waals surface area (Å²) in [6.07, 6.45) is 6.65. The Hall–Kier alpha value is -5.80. The minimum absolute atomic E-state index is 0.236. The second-order valence-electron chi connectivity index (χ2n) is 17.5. The van der Waals surface area contributed by atoms with Gasteiger partial charge in [-0.1, -0.05) is 86.7 Å². The first-order valence-corrected chi connectivity index (χ1v) is 23.0. The SMILES string of the molecule is CCC1(CC)c2cc(-c3ccccc3)ccc2-c2c1c1c(c3cc(OC)c(N4CCOCC4)cc23)OC(c2ccc(N3CCOCC3)cc2)(c2ccc(N3CCOCC3)cc2)C=C1. The number of fused-ring (bicyclic) bond motifs is 8. The Morgan fingerprint density at radius 1 is 0.587 bits per heavy atom. The van der Waals surface area contributed by atoms with Crippen LogP contribution in [0.3, 0.4) is 0 Å². The molecule has 0 radical (unpaired) electrons. The number of morpholine rings is 3. The van der Waals surface area contributed by atoms with Gasteiger partial charge in [0.2, 0.25) is 0 Å². The maximum Gasteiger partial charge on any atom is 0.178 e. The molecule has 0 spiro atoms. The molecule has 0 N–H and O–H groups in total. The number of anilines is 3. The maximum absolute atomic E-state index is 7.92. The first kappa shape index (κ1) is 40.0. The normalized spacial score (nSPS) is 18.7. The fraction of sp³-hybridized carbons (Fsp3) is 0.345. The van der Waals surface area contributed by atoms with Crippen LogP contribution in [0.5, 0.6) is 11.5 Å². The van der Waals surface area contributed by atoms with Crippen molar-refractivity contribution >= 4 is 33.9 Å². The summed E-state index contributed by atoms with van der Waals surface area (Å²) in [5.41, 5.74) is 13.5. The van der Waals surface area contributed by atoms with E-state index in [0.717, 1.165) is 118 Å². The van der Waals surface area contributed by atoms with Gasteiger partial charge < -0.3 is 38.4 Å². The van der Waals surface area contributed by atoms with E-state index in [2.05, 4.69) is 150 Å². The van der Waals surface area contributed by atoms with Crippen molar-refractivity contribution in [3.8, 4) is 33.8 Å². The van der Waals surface area contributed by atoms with E-state index in [-0.39, 0.29) is 5.41 Å². The Morgan fingerprint density at radius 3 is 1.71 bits per heavy atom. The van der Waals surface area contributed by atoms with E-state index in [1.807, 2.05) is 0 Å². The fourth-order valence-electron chi connectivity index (χ4n) is 11.2. The summed E-state index contributed by atoms with van der Waals surface area (Å²) >= 11 is 0. The molecule has 4 heterocycles. The average molecular weight is 840 g/mol. The summed E-state index contributed by atoms with van der Waals surface area (Å²) < 4.78 is 31.5. The van der Waals surface area contributed by atoms with Gasteiger partial charge in [0.15, 0.2) is 5.60 Å².